The molecular weight excluding hydrogens is 738 g/mol. The molecular formula is C36H22N8O8Zn. The van der Waals surface area contributed by atoms with E-state index in [0.29, 0.717) is 45.9 Å². The van der Waals surface area contributed by atoms with Crippen LogP contribution in [0.5, 0.6) is 0 Å². The number of hydrogen-bond donors (Lipinski definition) is 6. The van der Waals surface area contributed by atoms with Gasteiger partial charge in [0, 0.05) is 43.8 Å². The summed E-state index contributed by atoms with van der Waals surface area (Å²) in [6, 6.07) is 32.2. The summed E-state index contributed by atoms with van der Waals surface area (Å²) >= 11 is -6.36. The topological polar surface area (TPSA) is 258 Å². The van der Waals surface area contributed by atoms with E-state index in [4.69, 9.17) is 50.3 Å². The number of nitrogens with one attached hydrogen (secondary N) is 2. The van der Waals surface area contributed by atoms with Crippen molar-refractivity contribution in [3.05, 3.63) is 97.1 Å². The van der Waals surface area contributed by atoms with Crippen molar-refractivity contribution in [1.82, 2.24) is 39.9 Å². The van der Waals surface area contributed by atoms with E-state index in [-0.39, 0.29) is 0 Å². The molecule has 0 spiro atoms. The Morgan fingerprint density at radius 2 is 0.604 bits per heavy atom. The summed E-state index contributed by atoms with van der Waals surface area (Å²) < 4.78 is -8.96. The number of hydrogen-bond acceptors (Lipinski definition) is 10. The van der Waals surface area contributed by atoms with Crippen LogP contribution in [0.4, 0.5) is 19.2 Å². The van der Waals surface area contributed by atoms with E-state index < -0.39 is 33.0 Å². The molecule has 8 bridgehead atoms. The van der Waals surface area contributed by atoms with Crippen LogP contribution in [0, 0.1) is 0 Å². The van der Waals surface area contributed by atoms with Crippen molar-refractivity contribution in [1.29, 1.82) is 0 Å². The van der Waals surface area contributed by atoms with Crippen LogP contribution in [0.2, 0.25) is 0 Å². The predicted molar refractivity (Wildman–Crippen MR) is 188 cm³/mol. The molecule has 0 amide bonds. The Kier molecular flexibility index (Phi) is 7.77. The molecule has 6 N–H and O–H groups in total. The van der Waals surface area contributed by atoms with Crippen LogP contribution in [-0.2, 0) is 14.8 Å². The van der Waals surface area contributed by atoms with Gasteiger partial charge in [0.2, 0.25) is 0 Å². The fourth-order valence-corrected chi connectivity index (χ4v) is 9.62. The zero-order valence-corrected chi connectivity index (χ0v) is 30.0. The van der Waals surface area contributed by atoms with Gasteiger partial charge in [0.05, 0.1) is 0 Å². The van der Waals surface area contributed by atoms with Gasteiger partial charge >= 0.3 is 72.6 Å². The average Bonchev–Trinajstić information content (AvgIpc) is 3.87. The van der Waals surface area contributed by atoms with Gasteiger partial charge in [-0.25, -0.2) is 29.9 Å². The fourth-order valence-electron chi connectivity index (χ4n) is 6.37. The van der Waals surface area contributed by atoms with Crippen LogP contribution < -0.4 is 0 Å². The maximum Gasteiger partial charge on any atom is 0.164 e. The largest absolute Gasteiger partial charge is 0.324 e. The van der Waals surface area contributed by atoms with Gasteiger partial charge in [0.25, 0.3) is 0 Å². The van der Waals surface area contributed by atoms with Gasteiger partial charge in [-0.05, 0) is 0 Å². The molecule has 0 atom stereocenters. The first-order valence-electron chi connectivity index (χ1n) is 16.1. The number of aromatic nitrogens is 8. The quantitative estimate of drug-likeness (QED) is 0.0939. The molecule has 9 rings (SSSR count). The molecule has 0 fully saturated rings. The van der Waals surface area contributed by atoms with Crippen LogP contribution in [0.15, 0.2) is 97.1 Å². The van der Waals surface area contributed by atoms with E-state index >= 15 is 0 Å². The molecule has 5 heterocycles. The van der Waals surface area contributed by atoms with Gasteiger partial charge < -0.3 is 9.97 Å². The normalized spacial score (nSPS) is 11.3. The molecule has 16 nitrogen and oxygen atoms in total. The zero-order chi connectivity index (χ0) is 37.0. The van der Waals surface area contributed by atoms with Crippen molar-refractivity contribution in [3.8, 4) is 45.6 Å². The van der Waals surface area contributed by atoms with Crippen molar-refractivity contribution >= 4 is 62.4 Å². The Morgan fingerprint density at radius 3 is 0.811 bits per heavy atom. The minimum atomic E-state index is -6.36. The van der Waals surface area contributed by atoms with Gasteiger partial charge in [-0.1, -0.05) is 97.1 Å². The maximum atomic E-state index is 10.3. The van der Waals surface area contributed by atoms with Crippen LogP contribution in [0.25, 0.3) is 89.7 Å². The number of fused-ring (bicyclic) bond motifs is 20. The fraction of sp³-hybridized carbons (Fsp3) is 0. The first-order valence-corrected chi connectivity index (χ1v) is 22.1. The molecule has 4 aromatic carbocycles. The minimum Gasteiger partial charge on any atom is -0.324 e. The molecule has 0 saturated carbocycles. The van der Waals surface area contributed by atoms with Crippen LogP contribution >= 0.6 is 0 Å². The number of rotatable bonds is 4. The standard InChI is InChI=1S/C32H18N8.4CHO2.Zn/c1-2-10-18-17(9-1)25-33-26(18)38-28-21-13-5-6-14-22(21)30(35-28)40-32-24-16-8-7-15-23(24)31(36-32)39-29-20-12-4-3-11-19(20)27(34-29)37-25;4*2-1-3;/h1-16H,(H2,33,34,35,36,37,38,39,40);4*(H,2,3);. The number of H-pyrrole nitrogens is 2. The van der Waals surface area contributed by atoms with Crippen molar-refractivity contribution in [2.24, 2.45) is 0 Å². The predicted octanol–water partition coefficient (Wildman–Crippen LogP) is 7.72. The molecule has 0 unspecified atom stereocenters. The van der Waals surface area contributed by atoms with Crippen molar-refractivity contribution in [2.75, 3.05) is 0 Å². The molecule has 0 radical (unpaired) electrons. The minimum absolute atomic E-state index is 0.597. The first kappa shape index (κ1) is 32.9. The summed E-state index contributed by atoms with van der Waals surface area (Å²) in [6.07, 6.45) is 0. The van der Waals surface area contributed by atoms with Crippen molar-refractivity contribution in [3.63, 3.8) is 0 Å². The summed E-state index contributed by atoms with van der Waals surface area (Å²) in [7, 11) is 0. The summed E-state index contributed by atoms with van der Waals surface area (Å²) in [4.78, 5) is 78.0. The first-order chi connectivity index (χ1) is 25.6. The van der Waals surface area contributed by atoms with E-state index in [2.05, 4.69) is 9.97 Å². The Labute approximate surface area is 298 Å². The van der Waals surface area contributed by atoms with E-state index in [1.54, 1.807) is 0 Å². The third-order valence-electron chi connectivity index (χ3n) is 9.28. The SMILES string of the molecule is O=[C](O)[Zn]([C](=O)O)([C](=O)O)[C](=O)O.c1ccc2c(c1)-c1nc-2nc2[nH]c(nc3nc(nc4[nH]c(n1)c1ccccc41)-c1ccccc1-3)c1ccccc21. The Morgan fingerprint density at radius 1 is 0.377 bits per heavy atom. The van der Waals surface area contributed by atoms with Gasteiger partial charge in [0.15, 0.2) is 23.3 Å². The summed E-state index contributed by atoms with van der Waals surface area (Å²) in [5.41, 5.74) is 6.45. The van der Waals surface area contributed by atoms with Crippen LogP contribution in [0.3, 0.4) is 0 Å². The second-order valence-electron chi connectivity index (χ2n) is 12.4. The summed E-state index contributed by atoms with van der Waals surface area (Å²) in [6.45, 7) is 0. The number of carboxylic acid groups (broad SMARTS) is 4. The summed E-state index contributed by atoms with van der Waals surface area (Å²) in [5, 5.41) is 37.0. The van der Waals surface area contributed by atoms with Crippen molar-refractivity contribution < 1.29 is 54.4 Å². The second kappa shape index (κ2) is 12.5. The molecule has 2 aliphatic rings. The molecule has 0 aliphatic carbocycles. The number of benzene rings is 4. The molecule has 2 aliphatic heterocycles. The Bertz CT molecular complexity index is 2520. The number of aromatic amines is 2. The van der Waals surface area contributed by atoms with Gasteiger partial charge in [-0.15, -0.1) is 0 Å². The second-order valence-corrected chi connectivity index (χ2v) is 22.0. The zero-order valence-electron chi connectivity index (χ0n) is 27.0. The third kappa shape index (κ3) is 5.25. The van der Waals surface area contributed by atoms with Crippen LogP contribution in [-0.4, -0.2) is 78.6 Å². The van der Waals surface area contributed by atoms with E-state index in [1.807, 2.05) is 97.1 Å². The van der Waals surface area contributed by atoms with Gasteiger partial charge in [-0.3, -0.25) is 0 Å². The molecule has 17 heteroatoms. The van der Waals surface area contributed by atoms with E-state index in [1.165, 1.54) is 0 Å². The smallest absolute Gasteiger partial charge is 0.164 e. The molecule has 0 saturated heterocycles. The maximum absolute atomic E-state index is 10.3. The van der Waals surface area contributed by atoms with E-state index in [9.17, 15) is 19.2 Å². The number of nitrogens with zero attached hydrogens (tertiary/aromatic N) is 6. The van der Waals surface area contributed by atoms with E-state index in [0.717, 1.165) is 43.8 Å². The molecule has 53 heavy (non-hydrogen) atoms. The average molecular weight is 760 g/mol. The van der Waals surface area contributed by atoms with Crippen LogP contribution in [0.1, 0.15) is 0 Å². The third-order valence-corrected chi connectivity index (χ3v) is 16.9. The summed E-state index contributed by atoms with van der Waals surface area (Å²) in [5.74, 6) is 2.39. The Balaban J connectivity index is 0.000000266. The monoisotopic (exact) mass is 758 g/mol. The van der Waals surface area contributed by atoms with Gasteiger partial charge in [0.1, 0.15) is 22.6 Å². The van der Waals surface area contributed by atoms with Crippen molar-refractivity contribution in [2.45, 2.75) is 0 Å². The number of carbonyl (C=O) groups is 4. The Hall–Kier alpha value is -7.26. The molecule has 256 valence electrons. The molecule has 7 aromatic rings. The molecule has 3 aromatic heterocycles. The van der Waals surface area contributed by atoms with Gasteiger partial charge in [-0.2, -0.15) is 0 Å².